The van der Waals surface area contributed by atoms with E-state index in [1.165, 1.54) is 12.1 Å². The summed E-state index contributed by atoms with van der Waals surface area (Å²) < 4.78 is 18.9. The number of anilines is 1. The number of hydrogen-bond acceptors (Lipinski definition) is 3. The van der Waals surface area contributed by atoms with Crippen molar-refractivity contribution in [3.63, 3.8) is 0 Å². The number of halogens is 2. The zero-order chi connectivity index (χ0) is 15.4. The van der Waals surface area contributed by atoms with E-state index in [9.17, 15) is 9.50 Å². The van der Waals surface area contributed by atoms with Gasteiger partial charge in [-0.3, -0.25) is 0 Å². The van der Waals surface area contributed by atoms with Crippen molar-refractivity contribution in [1.29, 1.82) is 0 Å². The van der Waals surface area contributed by atoms with E-state index in [1.54, 1.807) is 12.1 Å². The molecule has 0 unspecified atom stereocenters. The van der Waals surface area contributed by atoms with Crippen LogP contribution in [-0.4, -0.2) is 18.8 Å². The number of hydrogen-bond donors (Lipinski definition) is 1. The van der Waals surface area contributed by atoms with Gasteiger partial charge in [0.25, 0.3) is 0 Å². The Morgan fingerprint density at radius 2 is 1.90 bits per heavy atom. The van der Waals surface area contributed by atoms with Crippen LogP contribution in [0.4, 0.5) is 10.1 Å². The Morgan fingerprint density at radius 1 is 1.24 bits per heavy atom. The molecule has 2 rings (SSSR count). The van der Waals surface area contributed by atoms with Crippen LogP contribution in [0.1, 0.15) is 12.5 Å². The molecule has 0 atom stereocenters. The zero-order valence-electron chi connectivity index (χ0n) is 11.9. The molecule has 5 heteroatoms. The Kier molecular flexibility index (Phi) is 5.07. The SMILES string of the molecule is CCOc1cc(CN(C)c2ccc(F)cc2)cc(Br)c1O. The summed E-state index contributed by atoms with van der Waals surface area (Å²) in [6.07, 6.45) is 0. The molecule has 0 heterocycles. The molecule has 21 heavy (non-hydrogen) atoms. The molecule has 0 aromatic heterocycles. The number of aromatic hydroxyl groups is 1. The average Bonchev–Trinajstić information content (AvgIpc) is 2.45. The fourth-order valence-electron chi connectivity index (χ4n) is 2.04. The maximum Gasteiger partial charge on any atom is 0.172 e. The molecule has 0 spiro atoms. The van der Waals surface area contributed by atoms with E-state index in [-0.39, 0.29) is 11.6 Å². The topological polar surface area (TPSA) is 32.7 Å². The van der Waals surface area contributed by atoms with E-state index in [2.05, 4.69) is 15.9 Å². The van der Waals surface area contributed by atoms with Crippen LogP contribution in [0.25, 0.3) is 0 Å². The number of rotatable bonds is 5. The smallest absolute Gasteiger partial charge is 0.172 e. The van der Waals surface area contributed by atoms with Gasteiger partial charge < -0.3 is 14.7 Å². The van der Waals surface area contributed by atoms with Gasteiger partial charge in [0, 0.05) is 19.3 Å². The lowest BCUT2D eigenvalue weighted by molar-refractivity contribution is 0.317. The molecule has 0 amide bonds. The molecule has 0 aliphatic rings. The third-order valence-corrected chi connectivity index (χ3v) is 3.68. The molecule has 0 saturated carbocycles. The van der Waals surface area contributed by atoms with Gasteiger partial charge in [0.2, 0.25) is 0 Å². The Morgan fingerprint density at radius 3 is 2.52 bits per heavy atom. The lowest BCUT2D eigenvalue weighted by atomic mass is 10.1. The summed E-state index contributed by atoms with van der Waals surface area (Å²) in [6, 6.07) is 9.98. The van der Waals surface area contributed by atoms with Crippen molar-refractivity contribution in [2.45, 2.75) is 13.5 Å². The van der Waals surface area contributed by atoms with Crippen LogP contribution in [0, 0.1) is 5.82 Å². The first-order chi connectivity index (χ1) is 10.0. The van der Waals surface area contributed by atoms with E-state index in [0.717, 1.165) is 11.3 Å². The van der Waals surface area contributed by atoms with Crippen molar-refractivity contribution >= 4 is 21.6 Å². The van der Waals surface area contributed by atoms with Crippen molar-refractivity contribution in [3.05, 3.63) is 52.3 Å². The molecule has 0 fully saturated rings. The van der Waals surface area contributed by atoms with Crippen LogP contribution in [0.3, 0.4) is 0 Å². The molecular weight excluding hydrogens is 337 g/mol. The minimum atomic E-state index is -0.252. The Labute approximate surface area is 132 Å². The molecule has 2 aromatic rings. The molecule has 1 N–H and O–H groups in total. The van der Waals surface area contributed by atoms with Crippen LogP contribution >= 0.6 is 15.9 Å². The van der Waals surface area contributed by atoms with Gasteiger partial charge in [-0.25, -0.2) is 4.39 Å². The molecule has 0 bridgehead atoms. The maximum atomic E-state index is 12.9. The summed E-state index contributed by atoms with van der Waals surface area (Å²) in [5.74, 6) is 0.303. The van der Waals surface area contributed by atoms with Gasteiger partial charge in [-0.1, -0.05) is 0 Å². The maximum absolute atomic E-state index is 12.9. The van der Waals surface area contributed by atoms with Gasteiger partial charge in [-0.05, 0) is 64.8 Å². The van der Waals surface area contributed by atoms with Gasteiger partial charge >= 0.3 is 0 Å². The number of phenolic OH excluding ortho intramolecular Hbond substituents is 1. The van der Waals surface area contributed by atoms with Gasteiger partial charge in [0.15, 0.2) is 11.5 Å². The molecule has 0 radical (unpaired) electrons. The minimum absolute atomic E-state index is 0.102. The minimum Gasteiger partial charge on any atom is -0.503 e. The van der Waals surface area contributed by atoms with Crippen molar-refractivity contribution in [2.75, 3.05) is 18.6 Å². The van der Waals surface area contributed by atoms with Crippen LogP contribution in [0.15, 0.2) is 40.9 Å². The highest BCUT2D eigenvalue weighted by atomic mass is 79.9. The average molecular weight is 354 g/mol. The predicted molar refractivity (Wildman–Crippen MR) is 85.5 cm³/mol. The largest absolute Gasteiger partial charge is 0.503 e. The second kappa shape index (κ2) is 6.80. The number of phenols is 1. The van der Waals surface area contributed by atoms with Crippen LogP contribution in [0.5, 0.6) is 11.5 Å². The Bertz CT molecular complexity index is 616. The second-order valence-corrected chi connectivity index (χ2v) is 5.54. The number of benzene rings is 2. The number of ether oxygens (including phenoxy) is 1. The summed E-state index contributed by atoms with van der Waals surface area (Å²) in [7, 11) is 1.92. The van der Waals surface area contributed by atoms with Gasteiger partial charge in [0.05, 0.1) is 11.1 Å². The molecule has 0 saturated heterocycles. The van der Waals surface area contributed by atoms with Crippen molar-refractivity contribution in [1.82, 2.24) is 0 Å². The van der Waals surface area contributed by atoms with Crippen molar-refractivity contribution in [3.8, 4) is 11.5 Å². The highest BCUT2D eigenvalue weighted by molar-refractivity contribution is 9.10. The first-order valence-electron chi connectivity index (χ1n) is 6.62. The van der Waals surface area contributed by atoms with Crippen LogP contribution < -0.4 is 9.64 Å². The second-order valence-electron chi connectivity index (χ2n) is 4.69. The first-order valence-corrected chi connectivity index (χ1v) is 7.41. The van der Waals surface area contributed by atoms with Crippen molar-refractivity contribution in [2.24, 2.45) is 0 Å². The standard InChI is InChI=1S/C16H17BrFNO2/c1-3-21-15-9-11(8-14(17)16(15)20)10-19(2)13-6-4-12(18)5-7-13/h4-9,20H,3,10H2,1-2H3. The predicted octanol–water partition coefficient (Wildman–Crippen LogP) is 4.33. The van der Waals surface area contributed by atoms with E-state index in [1.807, 2.05) is 31.0 Å². The van der Waals surface area contributed by atoms with E-state index < -0.39 is 0 Å². The zero-order valence-corrected chi connectivity index (χ0v) is 13.5. The third-order valence-electron chi connectivity index (χ3n) is 3.08. The lowest BCUT2D eigenvalue weighted by Crippen LogP contribution is -2.16. The molecular formula is C16H17BrFNO2. The highest BCUT2D eigenvalue weighted by Crippen LogP contribution is 2.36. The van der Waals surface area contributed by atoms with Gasteiger partial charge in [0.1, 0.15) is 5.82 Å². The summed E-state index contributed by atoms with van der Waals surface area (Å²) in [4.78, 5) is 1.99. The highest BCUT2D eigenvalue weighted by Gasteiger charge is 2.11. The Hall–Kier alpha value is -1.75. The fourth-order valence-corrected chi connectivity index (χ4v) is 2.53. The van der Waals surface area contributed by atoms with Crippen LogP contribution in [0.2, 0.25) is 0 Å². The molecule has 2 aromatic carbocycles. The summed E-state index contributed by atoms with van der Waals surface area (Å²) in [5, 5.41) is 9.91. The first kappa shape index (κ1) is 15.6. The quantitative estimate of drug-likeness (QED) is 0.868. The summed E-state index contributed by atoms with van der Waals surface area (Å²) >= 11 is 3.32. The molecule has 112 valence electrons. The number of nitrogens with zero attached hydrogens (tertiary/aromatic N) is 1. The lowest BCUT2D eigenvalue weighted by Gasteiger charge is -2.20. The van der Waals surface area contributed by atoms with E-state index >= 15 is 0 Å². The van der Waals surface area contributed by atoms with Gasteiger partial charge in [-0.15, -0.1) is 0 Å². The Balaban J connectivity index is 2.20. The van der Waals surface area contributed by atoms with E-state index in [4.69, 9.17) is 4.74 Å². The third kappa shape index (κ3) is 3.88. The van der Waals surface area contributed by atoms with Gasteiger partial charge in [-0.2, -0.15) is 0 Å². The fraction of sp³-hybridized carbons (Fsp3) is 0.250. The van der Waals surface area contributed by atoms with Crippen LogP contribution in [-0.2, 0) is 6.54 Å². The molecule has 0 aliphatic heterocycles. The molecule has 0 aliphatic carbocycles. The summed E-state index contributed by atoms with van der Waals surface area (Å²) in [5.41, 5.74) is 1.90. The summed E-state index contributed by atoms with van der Waals surface area (Å²) in [6.45, 7) is 2.96. The van der Waals surface area contributed by atoms with E-state index in [0.29, 0.717) is 23.4 Å². The molecule has 3 nitrogen and oxygen atoms in total. The normalized spacial score (nSPS) is 10.5. The monoisotopic (exact) mass is 353 g/mol. The van der Waals surface area contributed by atoms with Crippen molar-refractivity contribution < 1.29 is 14.2 Å².